The van der Waals surface area contributed by atoms with Crippen molar-refractivity contribution in [3.63, 3.8) is 0 Å². The molecule has 0 heterocycles. The van der Waals surface area contributed by atoms with Crippen molar-refractivity contribution in [2.75, 3.05) is 0 Å². The zero-order valence-corrected chi connectivity index (χ0v) is 14.4. The lowest BCUT2D eigenvalue weighted by Crippen LogP contribution is -1.80. The summed E-state index contributed by atoms with van der Waals surface area (Å²) in [6.07, 6.45) is 27.9. The molecule has 0 saturated heterocycles. The highest BCUT2D eigenvalue weighted by molar-refractivity contribution is 4.73. The maximum atomic E-state index is 3.47. The number of unbranched alkanes of at least 4 members (excludes halogenated alkanes) is 14. The highest BCUT2D eigenvalue weighted by Gasteiger charge is 1.91. The van der Waals surface area contributed by atoms with Gasteiger partial charge in [-0.25, -0.2) is 0 Å². The van der Waals surface area contributed by atoms with Crippen LogP contribution in [0.2, 0.25) is 0 Å². The van der Waals surface area contributed by atoms with E-state index in [9.17, 15) is 0 Å². The van der Waals surface area contributed by atoms with Gasteiger partial charge in [-0.3, -0.25) is 0 Å². The van der Waals surface area contributed by atoms with Crippen molar-refractivity contribution in [2.24, 2.45) is 0 Å². The molecule has 0 aromatic heterocycles. The molecule has 1 radical (unpaired) electrons. The lowest BCUT2D eigenvalue weighted by atomic mass is 10.1. The molecule has 0 atom stereocenters. The molecule has 0 saturated carbocycles. The van der Waals surface area contributed by atoms with Crippen molar-refractivity contribution in [3.05, 3.63) is 12.2 Å². The minimum Gasteiger partial charge on any atom is -0.0811 e. The highest BCUT2D eigenvalue weighted by atomic mass is 14.0. The molecule has 0 N–H and O–H groups in total. The molecule has 0 heteroatoms. The summed E-state index contributed by atoms with van der Waals surface area (Å²) in [5.41, 5.74) is 0. The third kappa shape index (κ3) is 17.7. The summed E-state index contributed by atoms with van der Waals surface area (Å²) in [4.78, 5) is 0. The summed E-state index contributed by atoms with van der Waals surface area (Å²) >= 11 is 0. The van der Waals surface area contributed by atoms with Crippen LogP contribution in [0.25, 0.3) is 0 Å². The Balaban J connectivity index is 3.01. The van der Waals surface area contributed by atoms with Gasteiger partial charge in [-0.1, -0.05) is 97.0 Å². The van der Waals surface area contributed by atoms with Crippen LogP contribution in [0.5, 0.6) is 0 Å². The van der Waals surface area contributed by atoms with Gasteiger partial charge in [-0.2, -0.15) is 0 Å². The number of hydrogen-bond donors (Lipinski definition) is 0. The zero-order valence-electron chi connectivity index (χ0n) is 14.4. The van der Waals surface area contributed by atoms with Gasteiger partial charge in [0.05, 0.1) is 0 Å². The fraction of sp³-hybridized carbons (Fsp3) is 0.900. The predicted octanol–water partition coefficient (Wildman–Crippen LogP) is 7.63. The Kier molecular flexibility index (Phi) is 18.5. The quantitative estimate of drug-likeness (QED) is 0.255. The number of rotatable bonds is 16. The second-order valence-corrected chi connectivity index (χ2v) is 6.19. The molecule has 0 unspecified atom stereocenters. The molecule has 0 fully saturated rings. The van der Waals surface area contributed by atoms with Crippen LogP contribution in [0.15, 0.2) is 6.08 Å². The Morgan fingerprint density at radius 3 is 1.55 bits per heavy atom. The monoisotopic (exact) mass is 279 g/mol. The standard InChI is InChI=1S/C20H39/c1-3-5-7-9-11-13-15-17-19-20-18-16-14-12-10-8-6-4-2/h20H,3-17,19H2,1-2H3. The van der Waals surface area contributed by atoms with Crippen LogP contribution in [-0.2, 0) is 0 Å². The van der Waals surface area contributed by atoms with Crippen LogP contribution >= 0.6 is 0 Å². The predicted molar refractivity (Wildman–Crippen MR) is 93.0 cm³/mol. The molecule has 0 aliphatic carbocycles. The van der Waals surface area contributed by atoms with Crippen molar-refractivity contribution in [2.45, 2.75) is 117 Å². The lowest BCUT2D eigenvalue weighted by Gasteiger charge is -2.00. The van der Waals surface area contributed by atoms with Gasteiger partial charge in [0, 0.05) is 0 Å². The van der Waals surface area contributed by atoms with Crippen LogP contribution in [0.4, 0.5) is 0 Å². The first-order valence-corrected chi connectivity index (χ1v) is 9.46. The molecule has 0 bridgehead atoms. The average molecular weight is 280 g/mol. The summed E-state index contributed by atoms with van der Waals surface area (Å²) < 4.78 is 0. The molecule has 0 aliphatic rings. The number of allylic oxidation sites excluding steroid dienone is 2. The molecule has 20 heavy (non-hydrogen) atoms. The first-order valence-electron chi connectivity index (χ1n) is 9.46. The minimum absolute atomic E-state index is 1.18. The third-order valence-corrected chi connectivity index (χ3v) is 4.02. The van der Waals surface area contributed by atoms with Gasteiger partial charge in [0.15, 0.2) is 0 Å². The number of hydrogen-bond acceptors (Lipinski definition) is 0. The van der Waals surface area contributed by atoms with Gasteiger partial charge in [0.2, 0.25) is 0 Å². The van der Waals surface area contributed by atoms with Gasteiger partial charge < -0.3 is 0 Å². The Hall–Kier alpha value is -0.260. The summed E-state index contributed by atoms with van der Waals surface area (Å²) in [5, 5.41) is 0. The summed E-state index contributed by atoms with van der Waals surface area (Å²) in [7, 11) is 0. The Morgan fingerprint density at radius 2 is 1.00 bits per heavy atom. The van der Waals surface area contributed by atoms with Gasteiger partial charge in [0.1, 0.15) is 0 Å². The van der Waals surface area contributed by atoms with E-state index in [-0.39, 0.29) is 0 Å². The Bertz CT molecular complexity index is 180. The molecular weight excluding hydrogens is 240 g/mol. The smallest absolute Gasteiger partial charge is 0.0279 e. The largest absolute Gasteiger partial charge is 0.0811 e. The fourth-order valence-corrected chi connectivity index (χ4v) is 2.59. The van der Waals surface area contributed by atoms with Gasteiger partial charge in [-0.15, -0.1) is 0 Å². The van der Waals surface area contributed by atoms with Crippen LogP contribution in [-0.4, -0.2) is 0 Å². The molecule has 0 aliphatic heterocycles. The summed E-state index contributed by atoms with van der Waals surface area (Å²) in [6, 6.07) is 0. The summed E-state index contributed by atoms with van der Waals surface area (Å²) in [5.74, 6) is 0. The van der Waals surface area contributed by atoms with E-state index in [0.717, 1.165) is 0 Å². The van der Waals surface area contributed by atoms with Crippen molar-refractivity contribution in [3.8, 4) is 0 Å². The molecule has 0 rings (SSSR count). The van der Waals surface area contributed by atoms with Crippen LogP contribution in [0.3, 0.4) is 0 Å². The zero-order chi connectivity index (χ0) is 14.7. The SMILES string of the molecule is CCCCCCCC/[C]=C\CCCCCCCCCC. The third-order valence-electron chi connectivity index (χ3n) is 4.02. The Labute approximate surface area is 129 Å². The molecule has 0 aromatic rings. The fourth-order valence-electron chi connectivity index (χ4n) is 2.59. The highest BCUT2D eigenvalue weighted by Crippen LogP contribution is 2.10. The summed E-state index contributed by atoms with van der Waals surface area (Å²) in [6.45, 7) is 4.57. The normalized spacial score (nSPS) is 11.5. The Morgan fingerprint density at radius 1 is 0.550 bits per heavy atom. The molecule has 0 aromatic carbocycles. The van der Waals surface area contributed by atoms with Crippen molar-refractivity contribution < 1.29 is 0 Å². The van der Waals surface area contributed by atoms with Crippen molar-refractivity contribution in [1.29, 1.82) is 0 Å². The second-order valence-electron chi connectivity index (χ2n) is 6.19. The van der Waals surface area contributed by atoms with E-state index >= 15 is 0 Å². The van der Waals surface area contributed by atoms with Gasteiger partial charge in [0.25, 0.3) is 0 Å². The molecule has 0 nitrogen and oxygen atoms in total. The average Bonchev–Trinajstić information content (AvgIpc) is 2.47. The van der Waals surface area contributed by atoms with Gasteiger partial charge >= 0.3 is 0 Å². The first-order chi connectivity index (χ1) is 9.91. The van der Waals surface area contributed by atoms with E-state index in [2.05, 4.69) is 26.0 Å². The lowest BCUT2D eigenvalue weighted by molar-refractivity contribution is 0.577. The van der Waals surface area contributed by atoms with Crippen LogP contribution in [0, 0.1) is 6.08 Å². The molecule has 0 spiro atoms. The first kappa shape index (κ1) is 19.7. The van der Waals surface area contributed by atoms with E-state index in [1.165, 1.54) is 103 Å². The topological polar surface area (TPSA) is 0 Å². The van der Waals surface area contributed by atoms with E-state index < -0.39 is 0 Å². The maximum absolute atomic E-state index is 3.47. The maximum Gasteiger partial charge on any atom is -0.0279 e. The molecular formula is C20H39. The molecule has 0 amide bonds. The second kappa shape index (κ2) is 18.7. The van der Waals surface area contributed by atoms with E-state index in [1.54, 1.807) is 0 Å². The van der Waals surface area contributed by atoms with Crippen LogP contribution < -0.4 is 0 Å². The van der Waals surface area contributed by atoms with Crippen LogP contribution in [0.1, 0.15) is 117 Å². The van der Waals surface area contributed by atoms with E-state index in [0.29, 0.717) is 0 Å². The van der Waals surface area contributed by atoms with Crippen molar-refractivity contribution in [1.82, 2.24) is 0 Å². The van der Waals surface area contributed by atoms with Crippen molar-refractivity contribution >= 4 is 0 Å². The minimum atomic E-state index is 1.18. The van der Waals surface area contributed by atoms with E-state index in [1.807, 2.05) is 0 Å². The van der Waals surface area contributed by atoms with E-state index in [4.69, 9.17) is 0 Å². The van der Waals surface area contributed by atoms with Gasteiger partial charge in [-0.05, 0) is 31.8 Å². The molecule has 119 valence electrons.